The van der Waals surface area contributed by atoms with Crippen LogP contribution < -0.4 is 10.2 Å². The van der Waals surface area contributed by atoms with Gasteiger partial charge in [-0.2, -0.15) is 0 Å². The third-order valence-corrected chi connectivity index (χ3v) is 4.03. The fourth-order valence-corrected chi connectivity index (χ4v) is 3.33. The average molecular weight is 233 g/mol. The highest BCUT2D eigenvalue weighted by atomic mass is 32.2. The van der Waals surface area contributed by atoms with Gasteiger partial charge in [0.15, 0.2) is 5.17 Å². The Kier molecular flexibility index (Phi) is 2.52. The van der Waals surface area contributed by atoms with E-state index in [2.05, 4.69) is 40.3 Å². The van der Waals surface area contributed by atoms with E-state index in [0.717, 1.165) is 26.1 Å². The van der Waals surface area contributed by atoms with E-state index in [9.17, 15) is 0 Å². The van der Waals surface area contributed by atoms with Crippen molar-refractivity contribution < 1.29 is 0 Å². The van der Waals surface area contributed by atoms with E-state index in [-0.39, 0.29) is 0 Å². The lowest BCUT2D eigenvalue weighted by Crippen LogP contribution is -2.30. The van der Waals surface area contributed by atoms with Crippen LogP contribution in [-0.2, 0) is 0 Å². The van der Waals surface area contributed by atoms with Crippen LogP contribution in [0.2, 0.25) is 0 Å². The molecule has 0 bridgehead atoms. The summed E-state index contributed by atoms with van der Waals surface area (Å²) in [6, 6.07) is 6.46. The lowest BCUT2D eigenvalue weighted by Gasteiger charge is -2.22. The van der Waals surface area contributed by atoms with Gasteiger partial charge in [-0.05, 0) is 37.2 Å². The smallest absolute Gasteiger partial charge is 0.168 e. The number of aliphatic imine (C=N–C) groups is 1. The van der Waals surface area contributed by atoms with Gasteiger partial charge < -0.3 is 10.2 Å². The van der Waals surface area contributed by atoms with E-state index in [4.69, 9.17) is 0 Å². The van der Waals surface area contributed by atoms with Crippen LogP contribution in [0.15, 0.2) is 28.1 Å². The number of amidine groups is 1. The van der Waals surface area contributed by atoms with Gasteiger partial charge in [-0.1, -0.05) is 6.07 Å². The van der Waals surface area contributed by atoms with Gasteiger partial charge in [0.25, 0.3) is 0 Å². The van der Waals surface area contributed by atoms with E-state index >= 15 is 0 Å². The Morgan fingerprint density at radius 3 is 3.31 bits per heavy atom. The van der Waals surface area contributed by atoms with Crippen molar-refractivity contribution in [2.75, 3.05) is 29.9 Å². The molecule has 0 atom stereocenters. The van der Waals surface area contributed by atoms with Crippen molar-refractivity contribution in [2.24, 2.45) is 4.99 Å². The van der Waals surface area contributed by atoms with Crippen LogP contribution in [0, 0.1) is 0 Å². The zero-order valence-electron chi connectivity index (χ0n) is 9.36. The van der Waals surface area contributed by atoms with Crippen molar-refractivity contribution in [3.05, 3.63) is 18.2 Å². The van der Waals surface area contributed by atoms with Crippen LogP contribution in [0.3, 0.4) is 0 Å². The molecule has 0 unspecified atom stereocenters. The van der Waals surface area contributed by atoms with Gasteiger partial charge in [-0.3, -0.25) is 4.99 Å². The first-order chi connectivity index (χ1) is 7.90. The number of rotatable bonds is 2. The van der Waals surface area contributed by atoms with Gasteiger partial charge >= 0.3 is 0 Å². The molecule has 4 heteroatoms. The molecule has 2 heterocycles. The number of hydrogen-bond donors (Lipinski definition) is 1. The molecule has 0 aliphatic carbocycles. The second-order valence-electron chi connectivity index (χ2n) is 3.96. The monoisotopic (exact) mass is 233 g/mol. The van der Waals surface area contributed by atoms with Gasteiger partial charge in [-0.25, -0.2) is 0 Å². The topological polar surface area (TPSA) is 27.6 Å². The molecule has 1 N–H and O–H groups in total. The predicted octanol–water partition coefficient (Wildman–Crippen LogP) is 2.79. The minimum Gasteiger partial charge on any atom is -0.384 e. The van der Waals surface area contributed by atoms with Gasteiger partial charge in [0.1, 0.15) is 0 Å². The number of benzene rings is 1. The lowest BCUT2D eigenvalue weighted by atomic mass is 10.2. The van der Waals surface area contributed by atoms with Crippen LogP contribution in [0.25, 0.3) is 0 Å². The zero-order valence-corrected chi connectivity index (χ0v) is 10.2. The van der Waals surface area contributed by atoms with Gasteiger partial charge in [0.2, 0.25) is 0 Å². The highest BCUT2D eigenvalue weighted by Crippen LogP contribution is 2.45. The van der Waals surface area contributed by atoms with Crippen molar-refractivity contribution in [2.45, 2.75) is 18.2 Å². The molecule has 1 aromatic rings. The van der Waals surface area contributed by atoms with Crippen molar-refractivity contribution >= 4 is 28.3 Å². The molecule has 0 aromatic heterocycles. The summed E-state index contributed by atoms with van der Waals surface area (Å²) >= 11 is 1.80. The van der Waals surface area contributed by atoms with E-state index in [1.54, 1.807) is 11.8 Å². The Balaban J connectivity index is 2.04. The molecule has 3 nitrogen and oxygen atoms in total. The van der Waals surface area contributed by atoms with E-state index in [1.807, 2.05) is 0 Å². The number of hydrogen-bond acceptors (Lipinski definition) is 4. The summed E-state index contributed by atoms with van der Waals surface area (Å²) in [6.07, 6.45) is 1.16. The maximum atomic E-state index is 4.59. The molecule has 3 rings (SSSR count). The largest absolute Gasteiger partial charge is 0.384 e. The normalized spacial score (nSPS) is 17.8. The summed E-state index contributed by atoms with van der Waals surface area (Å²) in [5.74, 6) is 0. The van der Waals surface area contributed by atoms with Crippen LogP contribution in [0.5, 0.6) is 0 Å². The quantitative estimate of drug-likeness (QED) is 0.851. The fourth-order valence-electron chi connectivity index (χ4n) is 2.16. The summed E-state index contributed by atoms with van der Waals surface area (Å²) in [5, 5.41) is 4.59. The number of nitrogens with one attached hydrogen (secondary N) is 1. The van der Waals surface area contributed by atoms with Gasteiger partial charge in [0.05, 0.1) is 16.3 Å². The molecule has 0 saturated heterocycles. The maximum Gasteiger partial charge on any atom is 0.168 e. The zero-order chi connectivity index (χ0) is 11.0. The average Bonchev–Trinajstić information content (AvgIpc) is 2.69. The number of nitrogens with zero attached hydrogens (tertiary/aromatic N) is 2. The minimum atomic E-state index is 0.962. The molecule has 0 radical (unpaired) electrons. The third-order valence-electron chi connectivity index (χ3n) is 2.86. The highest BCUT2D eigenvalue weighted by molar-refractivity contribution is 8.15. The number of fused-ring (bicyclic) bond motifs is 3. The summed E-state index contributed by atoms with van der Waals surface area (Å²) in [4.78, 5) is 8.26. The molecule has 2 aliphatic heterocycles. The summed E-state index contributed by atoms with van der Waals surface area (Å²) < 4.78 is 0. The molecule has 0 spiro atoms. The lowest BCUT2D eigenvalue weighted by molar-refractivity contribution is 0.798. The summed E-state index contributed by atoms with van der Waals surface area (Å²) in [7, 11) is 0. The molecular formula is C12H15N3S. The Hall–Kier alpha value is -1.16. The second-order valence-corrected chi connectivity index (χ2v) is 4.93. The first kappa shape index (κ1) is 10.0. The first-order valence-electron chi connectivity index (χ1n) is 5.77. The third kappa shape index (κ3) is 1.48. The Bertz CT molecular complexity index is 442. The van der Waals surface area contributed by atoms with Gasteiger partial charge in [-0.15, -0.1) is 0 Å². The van der Waals surface area contributed by atoms with E-state index < -0.39 is 0 Å². The van der Waals surface area contributed by atoms with Crippen LogP contribution in [0.1, 0.15) is 13.3 Å². The molecule has 0 saturated carbocycles. The van der Waals surface area contributed by atoms with Crippen LogP contribution in [0.4, 0.5) is 11.4 Å². The molecule has 0 amide bonds. The molecule has 2 aliphatic rings. The molecule has 0 fully saturated rings. The Labute approximate surface area is 99.9 Å². The van der Waals surface area contributed by atoms with Crippen LogP contribution in [-0.4, -0.2) is 24.8 Å². The van der Waals surface area contributed by atoms with Crippen molar-refractivity contribution in [3.8, 4) is 0 Å². The first-order valence-corrected chi connectivity index (χ1v) is 6.58. The molecular weight excluding hydrogens is 218 g/mol. The second kappa shape index (κ2) is 4.01. The van der Waals surface area contributed by atoms with Crippen molar-refractivity contribution in [1.29, 1.82) is 0 Å². The Morgan fingerprint density at radius 1 is 1.50 bits per heavy atom. The van der Waals surface area contributed by atoms with Crippen molar-refractivity contribution in [1.82, 2.24) is 0 Å². The molecule has 16 heavy (non-hydrogen) atoms. The standard InChI is InChI=1S/C12H15N3S/c1-2-13-9-5-3-6-10-11(9)16-12-14-7-4-8-15(10)12/h3,5-6,13H,2,4,7-8H2,1H3. The van der Waals surface area contributed by atoms with E-state index in [0.29, 0.717) is 0 Å². The van der Waals surface area contributed by atoms with E-state index in [1.165, 1.54) is 21.4 Å². The highest BCUT2D eigenvalue weighted by Gasteiger charge is 2.29. The maximum absolute atomic E-state index is 4.59. The summed E-state index contributed by atoms with van der Waals surface area (Å²) in [5.41, 5.74) is 2.56. The minimum absolute atomic E-state index is 0.962. The number of thioether (sulfide) groups is 1. The van der Waals surface area contributed by atoms with Gasteiger partial charge in [0, 0.05) is 19.6 Å². The van der Waals surface area contributed by atoms with Crippen molar-refractivity contribution in [3.63, 3.8) is 0 Å². The molecule has 1 aromatic carbocycles. The Morgan fingerprint density at radius 2 is 2.44 bits per heavy atom. The summed E-state index contributed by atoms with van der Waals surface area (Å²) in [6.45, 7) is 5.17. The predicted molar refractivity (Wildman–Crippen MR) is 70.7 cm³/mol. The van der Waals surface area contributed by atoms with Crippen LogP contribution >= 0.6 is 11.8 Å². The number of anilines is 2. The SMILES string of the molecule is CCNc1cccc2c1SC1=NCCCN12. The molecule has 84 valence electrons. The fraction of sp³-hybridized carbons (Fsp3) is 0.417.